The van der Waals surface area contributed by atoms with Crippen molar-refractivity contribution in [2.24, 2.45) is 0 Å². The maximum Gasteiger partial charge on any atom is 0.294 e. The fourth-order valence-electron chi connectivity index (χ4n) is 3.14. The molecular weight excluding hydrogens is 433 g/mol. The van der Waals surface area contributed by atoms with Crippen LogP contribution in [0.1, 0.15) is 5.69 Å². The lowest BCUT2D eigenvalue weighted by Gasteiger charge is -2.12. The smallest absolute Gasteiger partial charge is 0.294 e. The number of nitrogens with zero attached hydrogens (tertiary/aromatic N) is 2. The molecule has 0 bridgehead atoms. The van der Waals surface area contributed by atoms with Crippen LogP contribution in [0.5, 0.6) is 5.75 Å². The molecule has 1 saturated heterocycles. The second-order valence-electron chi connectivity index (χ2n) is 6.82. The number of methoxy groups -OCH3 is 1. The van der Waals surface area contributed by atoms with E-state index in [9.17, 15) is 18.8 Å². The summed E-state index contributed by atoms with van der Waals surface area (Å²) in [6.07, 6.45) is 3.46. The van der Waals surface area contributed by atoms with Gasteiger partial charge < -0.3 is 14.6 Å². The first-order valence-corrected chi connectivity index (χ1v) is 10.4. The highest BCUT2D eigenvalue weighted by molar-refractivity contribution is 8.18. The SMILES string of the molecule is COc1ccc(-n2cccc2/C=C2\SC(=O)N(CC(=O)Nc3ccc(F)cc3)C2=O)cc1. The van der Waals surface area contributed by atoms with Crippen LogP contribution in [0.25, 0.3) is 11.8 Å². The van der Waals surface area contributed by atoms with Crippen molar-refractivity contribution < 1.29 is 23.5 Å². The van der Waals surface area contributed by atoms with Crippen LogP contribution in [-0.4, -0.2) is 40.2 Å². The van der Waals surface area contributed by atoms with E-state index in [1.165, 1.54) is 24.3 Å². The van der Waals surface area contributed by atoms with Crippen molar-refractivity contribution in [3.8, 4) is 11.4 Å². The number of thioether (sulfide) groups is 1. The zero-order chi connectivity index (χ0) is 22.7. The molecule has 9 heteroatoms. The van der Waals surface area contributed by atoms with Crippen LogP contribution in [-0.2, 0) is 9.59 Å². The molecule has 0 aliphatic carbocycles. The summed E-state index contributed by atoms with van der Waals surface area (Å²) in [6, 6.07) is 16.3. The van der Waals surface area contributed by atoms with Crippen molar-refractivity contribution in [1.29, 1.82) is 0 Å². The molecule has 32 heavy (non-hydrogen) atoms. The summed E-state index contributed by atoms with van der Waals surface area (Å²) in [6.45, 7) is -0.432. The second kappa shape index (κ2) is 9.11. The number of imide groups is 1. The number of ether oxygens (including phenoxy) is 1. The first-order chi connectivity index (χ1) is 15.4. The van der Waals surface area contributed by atoms with Crippen molar-refractivity contribution in [2.75, 3.05) is 19.0 Å². The highest BCUT2D eigenvalue weighted by atomic mass is 32.2. The van der Waals surface area contributed by atoms with E-state index in [-0.39, 0.29) is 4.91 Å². The Morgan fingerprint density at radius 2 is 1.81 bits per heavy atom. The van der Waals surface area contributed by atoms with E-state index in [1.807, 2.05) is 47.2 Å². The highest BCUT2D eigenvalue weighted by Crippen LogP contribution is 2.32. The lowest BCUT2D eigenvalue weighted by atomic mass is 10.2. The van der Waals surface area contributed by atoms with Crippen LogP contribution in [0, 0.1) is 5.82 Å². The highest BCUT2D eigenvalue weighted by Gasteiger charge is 2.36. The van der Waals surface area contributed by atoms with Gasteiger partial charge in [-0.2, -0.15) is 0 Å². The molecule has 2 heterocycles. The molecule has 3 aromatic rings. The Morgan fingerprint density at radius 3 is 2.50 bits per heavy atom. The number of amides is 3. The van der Waals surface area contributed by atoms with Crippen LogP contribution in [0.4, 0.5) is 14.9 Å². The Balaban J connectivity index is 1.48. The van der Waals surface area contributed by atoms with Gasteiger partial charge in [0.15, 0.2) is 0 Å². The van der Waals surface area contributed by atoms with Gasteiger partial charge in [0.1, 0.15) is 18.1 Å². The first kappa shape index (κ1) is 21.4. The van der Waals surface area contributed by atoms with Crippen molar-refractivity contribution in [2.45, 2.75) is 0 Å². The molecule has 162 valence electrons. The van der Waals surface area contributed by atoms with Gasteiger partial charge in [0.25, 0.3) is 11.1 Å². The molecule has 1 aromatic heterocycles. The van der Waals surface area contributed by atoms with Gasteiger partial charge in [0.05, 0.1) is 12.0 Å². The molecule has 1 aliphatic rings. The first-order valence-electron chi connectivity index (χ1n) is 9.57. The van der Waals surface area contributed by atoms with E-state index in [0.29, 0.717) is 11.4 Å². The van der Waals surface area contributed by atoms with Crippen LogP contribution < -0.4 is 10.1 Å². The molecule has 1 N–H and O–H groups in total. The minimum atomic E-state index is -0.554. The van der Waals surface area contributed by atoms with E-state index in [4.69, 9.17) is 4.74 Å². The zero-order valence-electron chi connectivity index (χ0n) is 16.9. The molecule has 0 radical (unpaired) electrons. The van der Waals surface area contributed by atoms with Crippen LogP contribution in [0.15, 0.2) is 71.8 Å². The summed E-state index contributed by atoms with van der Waals surface area (Å²) in [4.78, 5) is 38.5. The van der Waals surface area contributed by atoms with Gasteiger partial charge in [-0.15, -0.1) is 0 Å². The number of carbonyl (C=O) groups is 3. The maximum absolute atomic E-state index is 13.0. The molecule has 4 rings (SSSR count). The summed E-state index contributed by atoms with van der Waals surface area (Å²) >= 11 is 0.776. The van der Waals surface area contributed by atoms with Gasteiger partial charge >= 0.3 is 0 Å². The molecule has 7 nitrogen and oxygen atoms in total. The summed E-state index contributed by atoms with van der Waals surface area (Å²) in [7, 11) is 1.59. The normalized spacial score (nSPS) is 14.8. The summed E-state index contributed by atoms with van der Waals surface area (Å²) in [5.41, 5.74) is 1.94. The Morgan fingerprint density at radius 1 is 1.09 bits per heavy atom. The van der Waals surface area contributed by atoms with E-state index >= 15 is 0 Å². The predicted molar refractivity (Wildman–Crippen MR) is 120 cm³/mol. The molecule has 0 unspecified atom stereocenters. The largest absolute Gasteiger partial charge is 0.497 e. The average molecular weight is 451 g/mol. The fourth-order valence-corrected chi connectivity index (χ4v) is 3.96. The monoisotopic (exact) mass is 451 g/mol. The topological polar surface area (TPSA) is 80.6 Å². The van der Waals surface area contributed by atoms with Crippen molar-refractivity contribution >= 4 is 40.6 Å². The van der Waals surface area contributed by atoms with Gasteiger partial charge in [-0.3, -0.25) is 19.3 Å². The second-order valence-corrected chi connectivity index (χ2v) is 7.82. The standard InChI is InChI=1S/C23H18FN3O4S/c1-31-19-10-8-17(9-11-19)26-12-2-3-18(26)13-20-22(29)27(23(30)32-20)14-21(28)25-16-6-4-15(24)5-7-16/h2-13H,14H2,1H3,(H,25,28)/b20-13-. The van der Waals surface area contributed by atoms with E-state index in [1.54, 1.807) is 13.2 Å². The lowest BCUT2D eigenvalue weighted by Crippen LogP contribution is -2.36. The number of nitrogens with one attached hydrogen (secondary N) is 1. The lowest BCUT2D eigenvalue weighted by molar-refractivity contribution is -0.127. The predicted octanol–water partition coefficient (Wildman–Crippen LogP) is 4.30. The van der Waals surface area contributed by atoms with Gasteiger partial charge in [-0.1, -0.05) is 0 Å². The number of hydrogen-bond acceptors (Lipinski definition) is 5. The third-order valence-electron chi connectivity index (χ3n) is 4.71. The van der Waals surface area contributed by atoms with E-state index in [0.717, 1.165) is 28.1 Å². The number of hydrogen-bond donors (Lipinski definition) is 1. The maximum atomic E-state index is 13.0. The number of halogens is 1. The molecule has 1 fully saturated rings. The van der Waals surface area contributed by atoms with Gasteiger partial charge in [0, 0.05) is 23.3 Å². The minimum absolute atomic E-state index is 0.220. The molecule has 3 amide bonds. The zero-order valence-corrected chi connectivity index (χ0v) is 17.8. The molecule has 0 saturated carbocycles. The van der Waals surface area contributed by atoms with Crippen molar-refractivity contribution in [3.63, 3.8) is 0 Å². The van der Waals surface area contributed by atoms with E-state index < -0.39 is 29.4 Å². The third-order valence-corrected chi connectivity index (χ3v) is 5.62. The average Bonchev–Trinajstić information content (AvgIpc) is 3.35. The number of rotatable bonds is 6. The van der Waals surface area contributed by atoms with E-state index in [2.05, 4.69) is 5.32 Å². The van der Waals surface area contributed by atoms with Gasteiger partial charge in [0.2, 0.25) is 5.91 Å². The van der Waals surface area contributed by atoms with Crippen molar-refractivity contribution in [1.82, 2.24) is 9.47 Å². The van der Waals surface area contributed by atoms with Gasteiger partial charge in [-0.25, -0.2) is 4.39 Å². The summed E-state index contributed by atoms with van der Waals surface area (Å²) in [5, 5.41) is 2.01. The van der Waals surface area contributed by atoms with Crippen molar-refractivity contribution in [3.05, 3.63) is 83.3 Å². The Kier molecular flexibility index (Phi) is 6.09. The molecule has 0 spiro atoms. The Hall–Kier alpha value is -3.85. The quantitative estimate of drug-likeness (QED) is 0.565. The van der Waals surface area contributed by atoms with Crippen LogP contribution in [0.2, 0.25) is 0 Å². The Bertz CT molecular complexity index is 1200. The van der Waals surface area contributed by atoms with Crippen LogP contribution >= 0.6 is 11.8 Å². The fraction of sp³-hybridized carbons (Fsp3) is 0.0870. The number of aromatic nitrogens is 1. The number of benzene rings is 2. The summed E-state index contributed by atoms with van der Waals surface area (Å²) in [5.74, 6) is -0.806. The molecule has 1 aliphatic heterocycles. The number of anilines is 1. The van der Waals surface area contributed by atoms with Crippen LogP contribution in [0.3, 0.4) is 0 Å². The molecular formula is C23H18FN3O4S. The third kappa shape index (κ3) is 4.57. The minimum Gasteiger partial charge on any atom is -0.497 e. The van der Waals surface area contributed by atoms with Gasteiger partial charge in [-0.05, 0) is 78.5 Å². The summed E-state index contributed by atoms with van der Waals surface area (Å²) < 4.78 is 20.0. The Labute approximate surface area is 187 Å². The molecule has 2 aromatic carbocycles. The molecule has 0 atom stereocenters. The number of carbonyl (C=O) groups excluding carboxylic acids is 3.